The Kier molecular flexibility index (Phi) is 5.88. The fourth-order valence-corrected chi connectivity index (χ4v) is 4.85. The molecule has 0 atom stereocenters. The van der Waals surface area contributed by atoms with Crippen LogP contribution >= 0.6 is 11.6 Å². The number of piperazine rings is 1. The Morgan fingerprint density at radius 2 is 1.76 bits per heavy atom. The van der Waals surface area contributed by atoms with Gasteiger partial charge in [-0.05, 0) is 37.3 Å². The summed E-state index contributed by atoms with van der Waals surface area (Å²) in [7, 11) is -4.24. The molecule has 6 nitrogen and oxygen atoms in total. The number of nitrogens with zero attached hydrogens (tertiary/aromatic N) is 3. The molecule has 0 saturated carbocycles. The number of amides is 1. The van der Waals surface area contributed by atoms with Crippen molar-refractivity contribution in [1.29, 1.82) is 0 Å². The number of pyridine rings is 1. The van der Waals surface area contributed by atoms with Crippen LogP contribution in [0.15, 0.2) is 41.4 Å². The fraction of sp³-hybridized carbons (Fsp3) is 0.333. The van der Waals surface area contributed by atoms with Crippen LogP contribution < -0.4 is 0 Å². The average Bonchev–Trinajstić information content (AvgIpc) is 2.67. The van der Waals surface area contributed by atoms with E-state index in [1.165, 1.54) is 11.1 Å². The van der Waals surface area contributed by atoms with E-state index >= 15 is 0 Å². The molecule has 0 aliphatic carbocycles. The third-order valence-electron chi connectivity index (χ3n) is 4.56. The van der Waals surface area contributed by atoms with Gasteiger partial charge in [-0.1, -0.05) is 11.6 Å². The van der Waals surface area contributed by atoms with Crippen LogP contribution in [-0.4, -0.2) is 54.7 Å². The highest BCUT2D eigenvalue weighted by atomic mass is 35.5. The first-order valence-corrected chi connectivity index (χ1v) is 10.4. The number of aryl methyl sites for hydroxylation is 1. The van der Waals surface area contributed by atoms with Crippen LogP contribution in [0.25, 0.3) is 0 Å². The van der Waals surface area contributed by atoms with Crippen LogP contribution in [0.5, 0.6) is 0 Å². The molecule has 1 amide bonds. The molecule has 0 radical (unpaired) electrons. The molecule has 1 saturated heterocycles. The van der Waals surface area contributed by atoms with Crippen LogP contribution in [0.2, 0.25) is 5.02 Å². The zero-order valence-electron chi connectivity index (χ0n) is 15.3. The Hall–Kier alpha value is -2.17. The number of aromatic nitrogens is 1. The molecule has 1 aliphatic rings. The van der Waals surface area contributed by atoms with Crippen LogP contribution in [0.3, 0.4) is 0 Å². The minimum absolute atomic E-state index is 0.0556. The second kappa shape index (κ2) is 7.92. The standard InChI is InChI=1S/C18H17ClF3N3O3S/c1-12-2-3-13(11-23-12)17(26)24-6-8-25(9-7-24)29(27,28)16-10-14(18(20,21)22)4-5-15(16)19/h2-5,10-11H,6-9H2,1H3. The van der Waals surface area contributed by atoms with Crippen LogP contribution in [0.1, 0.15) is 21.6 Å². The molecule has 156 valence electrons. The van der Waals surface area contributed by atoms with Crippen molar-refractivity contribution in [2.45, 2.75) is 18.0 Å². The molecule has 0 spiro atoms. The van der Waals surface area contributed by atoms with Gasteiger partial charge in [-0.2, -0.15) is 17.5 Å². The van der Waals surface area contributed by atoms with Crippen molar-refractivity contribution in [1.82, 2.24) is 14.2 Å². The average molecular weight is 448 g/mol. The van der Waals surface area contributed by atoms with Crippen LogP contribution in [0, 0.1) is 6.92 Å². The molecular formula is C18H17ClF3N3O3S. The molecule has 0 bridgehead atoms. The molecule has 1 aromatic heterocycles. The number of benzene rings is 1. The summed E-state index contributed by atoms with van der Waals surface area (Å²) in [6, 6.07) is 5.52. The summed E-state index contributed by atoms with van der Waals surface area (Å²) in [5.74, 6) is -0.286. The number of carbonyl (C=O) groups excluding carboxylic acids is 1. The van der Waals surface area contributed by atoms with E-state index in [9.17, 15) is 26.4 Å². The monoisotopic (exact) mass is 447 g/mol. The van der Waals surface area contributed by atoms with Crippen molar-refractivity contribution in [3.8, 4) is 0 Å². The molecule has 1 aliphatic heterocycles. The maximum Gasteiger partial charge on any atom is 0.416 e. The summed E-state index contributed by atoms with van der Waals surface area (Å²) in [5.41, 5.74) is 0.0458. The summed E-state index contributed by atoms with van der Waals surface area (Å²) < 4.78 is 65.6. The molecule has 3 rings (SSSR count). The molecule has 29 heavy (non-hydrogen) atoms. The first kappa shape index (κ1) is 21.5. The fourth-order valence-electron chi connectivity index (χ4n) is 2.92. The predicted molar refractivity (Wildman–Crippen MR) is 100 cm³/mol. The van der Waals surface area contributed by atoms with Gasteiger partial charge in [0.1, 0.15) is 4.90 Å². The number of halogens is 4. The van der Waals surface area contributed by atoms with E-state index in [-0.39, 0.29) is 37.1 Å². The zero-order valence-corrected chi connectivity index (χ0v) is 16.9. The highest BCUT2D eigenvalue weighted by molar-refractivity contribution is 7.89. The minimum atomic E-state index is -4.69. The lowest BCUT2D eigenvalue weighted by Crippen LogP contribution is -2.50. The maximum absolute atomic E-state index is 13.0. The van der Waals surface area contributed by atoms with E-state index < -0.39 is 26.7 Å². The number of hydrogen-bond acceptors (Lipinski definition) is 4. The lowest BCUT2D eigenvalue weighted by molar-refractivity contribution is -0.137. The first-order chi connectivity index (χ1) is 13.5. The zero-order chi connectivity index (χ0) is 21.4. The van der Waals surface area contributed by atoms with Crippen molar-refractivity contribution in [3.05, 3.63) is 58.4 Å². The topological polar surface area (TPSA) is 70.6 Å². The quantitative estimate of drug-likeness (QED) is 0.724. The van der Waals surface area contributed by atoms with Crippen molar-refractivity contribution in [3.63, 3.8) is 0 Å². The van der Waals surface area contributed by atoms with E-state index in [2.05, 4.69) is 4.98 Å². The molecule has 2 heterocycles. The van der Waals surface area contributed by atoms with Crippen LogP contribution in [0.4, 0.5) is 13.2 Å². The highest BCUT2D eigenvalue weighted by Crippen LogP contribution is 2.34. The summed E-state index contributed by atoms with van der Waals surface area (Å²) in [4.78, 5) is 17.5. The number of alkyl halides is 3. The number of sulfonamides is 1. The largest absolute Gasteiger partial charge is 0.416 e. The third kappa shape index (κ3) is 4.54. The molecule has 2 aromatic rings. The van der Waals surface area contributed by atoms with E-state index in [1.54, 1.807) is 19.1 Å². The number of carbonyl (C=O) groups is 1. The van der Waals surface area contributed by atoms with Crippen molar-refractivity contribution >= 4 is 27.5 Å². The van der Waals surface area contributed by atoms with Gasteiger partial charge in [0, 0.05) is 38.1 Å². The summed E-state index contributed by atoms with van der Waals surface area (Å²) in [6.07, 6.45) is -3.24. The Labute approximate surface area is 170 Å². The smallest absolute Gasteiger partial charge is 0.336 e. The van der Waals surface area contributed by atoms with E-state index in [4.69, 9.17) is 11.6 Å². The van der Waals surface area contributed by atoms with E-state index in [0.717, 1.165) is 22.1 Å². The van der Waals surface area contributed by atoms with Gasteiger partial charge in [0.25, 0.3) is 5.91 Å². The van der Waals surface area contributed by atoms with Crippen molar-refractivity contribution in [2.24, 2.45) is 0 Å². The van der Waals surface area contributed by atoms with Crippen molar-refractivity contribution < 1.29 is 26.4 Å². The van der Waals surface area contributed by atoms with Gasteiger partial charge in [0.05, 0.1) is 16.1 Å². The maximum atomic E-state index is 13.0. The molecule has 1 aromatic carbocycles. The summed E-state index contributed by atoms with van der Waals surface area (Å²) >= 11 is 5.88. The van der Waals surface area contributed by atoms with Gasteiger partial charge in [-0.3, -0.25) is 9.78 Å². The second-order valence-electron chi connectivity index (χ2n) is 6.53. The molecule has 0 N–H and O–H groups in total. The lowest BCUT2D eigenvalue weighted by Gasteiger charge is -2.34. The highest BCUT2D eigenvalue weighted by Gasteiger charge is 2.36. The van der Waals surface area contributed by atoms with Crippen LogP contribution in [-0.2, 0) is 16.2 Å². The Bertz CT molecular complexity index is 1020. The Morgan fingerprint density at radius 3 is 2.31 bits per heavy atom. The van der Waals surface area contributed by atoms with E-state index in [0.29, 0.717) is 11.6 Å². The lowest BCUT2D eigenvalue weighted by atomic mass is 10.2. The van der Waals surface area contributed by atoms with Gasteiger partial charge in [0.15, 0.2) is 0 Å². The molecule has 0 unspecified atom stereocenters. The number of rotatable bonds is 3. The Morgan fingerprint density at radius 1 is 1.10 bits per heavy atom. The summed E-state index contributed by atoms with van der Waals surface area (Å²) in [6.45, 7) is 1.88. The molecular weight excluding hydrogens is 431 g/mol. The Balaban J connectivity index is 1.76. The molecule has 1 fully saturated rings. The minimum Gasteiger partial charge on any atom is -0.336 e. The van der Waals surface area contributed by atoms with E-state index in [1.807, 2.05) is 0 Å². The summed E-state index contributed by atoms with van der Waals surface area (Å²) in [5, 5.41) is -0.290. The van der Waals surface area contributed by atoms with Crippen molar-refractivity contribution in [2.75, 3.05) is 26.2 Å². The van der Waals surface area contributed by atoms with Gasteiger partial charge in [-0.25, -0.2) is 8.42 Å². The first-order valence-electron chi connectivity index (χ1n) is 8.59. The normalized spacial score (nSPS) is 16.1. The van der Waals surface area contributed by atoms with Gasteiger partial charge < -0.3 is 4.90 Å². The third-order valence-corrected chi connectivity index (χ3v) is 6.94. The predicted octanol–water partition coefficient (Wildman–Crippen LogP) is 3.21. The van der Waals surface area contributed by atoms with Gasteiger partial charge >= 0.3 is 6.18 Å². The van der Waals surface area contributed by atoms with Gasteiger partial charge in [-0.15, -0.1) is 0 Å². The molecule has 11 heteroatoms. The SMILES string of the molecule is Cc1ccc(C(=O)N2CCN(S(=O)(=O)c3cc(C(F)(F)F)ccc3Cl)CC2)cn1. The van der Waals surface area contributed by atoms with Gasteiger partial charge in [0.2, 0.25) is 10.0 Å². The second-order valence-corrected chi connectivity index (χ2v) is 8.84. The number of hydrogen-bond donors (Lipinski definition) is 0.